The second-order valence-corrected chi connectivity index (χ2v) is 5.60. The van der Waals surface area contributed by atoms with Crippen LogP contribution in [0.2, 0.25) is 0 Å². The Labute approximate surface area is 164 Å². The number of halogens is 1. The molecule has 2 aromatic rings. The number of esters is 1. The molecule has 0 heterocycles. The minimum Gasteiger partial charge on any atom is -0.493 e. The summed E-state index contributed by atoms with van der Waals surface area (Å²) >= 11 is 0. The number of nitrogens with two attached hydrogens (primary N) is 1. The number of carbonyl (C=O) groups excluding carboxylic acids is 1. The average Bonchev–Trinajstić information content (AvgIpc) is 2.62. The third kappa shape index (κ3) is 5.79. The lowest BCUT2D eigenvalue weighted by molar-refractivity contribution is -0.145. The van der Waals surface area contributed by atoms with Crippen LogP contribution in [0.4, 0.5) is 5.69 Å². The number of benzene rings is 2. The molecule has 1 atom stereocenters. The Hall–Kier alpha value is -2.93. The largest absolute Gasteiger partial charge is 0.493 e. The molecule has 0 amide bonds. The Morgan fingerprint density at radius 3 is 2.26 bits per heavy atom. The highest BCUT2D eigenvalue weighted by atomic mass is 35.5. The van der Waals surface area contributed by atoms with Gasteiger partial charge >= 0.3 is 5.97 Å². The van der Waals surface area contributed by atoms with E-state index in [0.717, 1.165) is 22.4 Å². The lowest BCUT2D eigenvalue weighted by Gasteiger charge is -2.23. The van der Waals surface area contributed by atoms with Gasteiger partial charge in [0.25, 0.3) is 0 Å². The van der Waals surface area contributed by atoms with Crippen LogP contribution in [0.3, 0.4) is 0 Å². The van der Waals surface area contributed by atoms with Crippen molar-refractivity contribution in [3.05, 3.63) is 53.1 Å². The van der Waals surface area contributed by atoms with Crippen molar-refractivity contribution in [2.75, 3.05) is 19.5 Å². The minimum atomic E-state index is -0.679. The van der Waals surface area contributed by atoms with Crippen molar-refractivity contribution in [1.82, 2.24) is 0 Å². The van der Waals surface area contributed by atoms with E-state index in [1.165, 1.54) is 6.92 Å². The van der Waals surface area contributed by atoms with Crippen molar-refractivity contribution >= 4 is 30.3 Å². The standard InChI is InChI=1S/C19H23N3O4.ClH/c1-12-9-17(24-3)18(25-4)10-16(12)19(26-13(2)23)22-15-7-5-14(6-8-15)11-21-20;/h5-11,19,22H,20H2,1-4H3;1H. The van der Waals surface area contributed by atoms with Crippen LogP contribution in [0.25, 0.3) is 0 Å². The molecule has 8 heteroatoms. The SMILES string of the molecule is COc1cc(C)c(C(Nc2ccc(C=NN)cc2)OC(C)=O)cc1OC.Cl. The van der Waals surface area contributed by atoms with E-state index in [1.54, 1.807) is 26.5 Å². The van der Waals surface area contributed by atoms with Gasteiger partial charge in [0.15, 0.2) is 17.7 Å². The Balaban J connectivity index is 0.00000364. The second-order valence-electron chi connectivity index (χ2n) is 5.60. The molecule has 0 aliphatic heterocycles. The van der Waals surface area contributed by atoms with Crippen LogP contribution in [0.15, 0.2) is 41.5 Å². The zero-order valence-electron chi connectivity index (χ0n) is 15.7. The summed E-state index contributed by atoms with van der Waals surface area (Å²) in [6.07, 6.45) is 0.868. The zero-order valence-corrected chi connectivity index (χ0v) is 16.5. The number of rotatable bonds is 7. The average molecular weight is 394 g/mol. The number of nitrogens with one attached hydrogen (secondary N) is 1. The quantitative estimate of drug-likeness (QED) is 0.246. The molecular formula is C19H24ClN3O4. The predicted molar refractivity (Wildman–Crippen MR) is 108 cm³/mol. The van der Waals surface area contributed by atoms with Gasteiger partial charge in [0.05, 0.1) is 20.4 Å². The van der Waals surface area contributed by atoms with Crippen LogP contribution in [-0.4, -0.2) is 26.4 Å². The molecule has 0 aliphatic carbocycles. The third-order valence-electron chi connectivity index (χ3n) is 3.77. The van der Waals surface area contributed by atoms with Gasteiger partial charge in [-0.1, -0.05) is 12.1 Å². The molecule has 1 unspecified atom stereocenters. The minimum absolute atomic E-state index is 0. The molecule has 0 aliphatic rings. The Morgan fingerprint density at radius 1 is 1.15 bits per heavy atom. The second kappa shape index (κ2) is 10.3. The molecule has 0 saturated carbocycles. The molecule has 146 valence electrons. The van der Waals surface area contributed by atoms with E-state index in [0.29, 0.717) is 11.5 Å². The molecular weight excluding hydrogens is 370 g/mol. The molecule has 0 aromatic heterocycles. The van der Waals surface area contributed by atoms with E-state index < -0.39 is 12.2 Å². The van der Waals surface area contributed by atoms with E-state index in [1.807, 2.05) is 37.3 Å². The number of carbonyl (C=O) groups is 1. The maximum Gasteiger partial charge on any atom is 0.304 e. The molecule has 0 radical (unpaired) electrons. The van der Waals surface area contributed by atoms with Gasteiger partial charge in [0.2, 0.25) is 0 Å². The highest BCUT2D eigenvalue weighted by molar-refractivity contribution is 5.85. The van der Waals surface area contributed by atoms with E-state index in [9.17, 15) is 4.79 Å². The van der Waals surface area contributed by atoms with Crippen LogP contribution in [0.1, 0.15) is 29.8 Å². The van der Waals surface area contributed by atoms with E-state index in [4.69, 9.17) is 20.1 Å². The van der Waals surface area contributed by atoms with Crippen molar-refractivity contribution < 1.29 is 19.0 Å². The lowest BCUT2D eigenvalue weighted by Crippen LogP contribution is -2.18. The van der Waals surface area contributed by atoms with Gasteiger partial charge < -0.3 is 25.4 Å². The van der Waals surface area contributed by atoms with Gasteiger partial charge in [-0.15, -0.1) is 12.4 Å². The van der Waals surface area contributed by atoms with Gasteiger partial charge in [-0.25, -0.2) is 0 Å². The lowest BCUT2D eigenvalue weighted by atomic mass is 10.1. The summed E-state index contributed by atoms with van der Waals surface area (Å²) in [5.74, 6) is 5.92. The van der Waals surface area contributed by atoms with E-state index in [-0.39, 0.29) is 12.4 Å². The number of hydrogen-bond donors (Lipinski definition) is 2. The normalized spacial score (nSPS) is 11.4. The summed E-state index contributed by atoms with van der Waals surface area (Å²) in [6.45, 7) is 3.28. The first-order valence-electron chi connectivity index (χ1n) is 7.98. The van der Waals surface area contributed by atoms with Crippen LogP contribution in [0, 0.1) is 6.92 Å². The fourth-order valence-electron chi connectivity index (χ4n) is 2.52. The fraction of sp³-hybridized carbons (Fsp3) is 0.263. The maximum atomic E-state index is 11.6. The summed E-state index contributed by atoms with van der Waals surface area (Å²) in [7, 11) is 3.13. The van der Waals surface area contributed by atoms with Gasteiger partial charge in [-0.3, -0.25) is 4.79 Å². The summed E-state index contributed by atoms with van der Waals surface area (Å²) in [5, 5.41) is 6.70. The van der Waals surface area contributed by atoms with Crippen LogP contribution in [-0.2, 0) is 9.53 Å². The third-order valence-corrected chi connectivity index (χ3v) is 3.77. The summed E-state index contributed by atoms with van der Waals surface area (Å²) in [5.41, 5.74) is 3.31. The number of nitrogens with zero attached hydrogens (tertiary/aromatic N) is 1. The predicted octanol–water partition coefficient (Wildman–Crippen LogP) is 3.40. The first kappa shape index (κ1) is 22.1. The molecule has 2 aromatic carbocycles. The molecule has 0 fully saturated rings. The first-order chi connectivity index (χ1) is 12.5. The topological polar surface area (TPSA) is 95.2 Å². The molecule has 0 bridgehead atoms. The van der Waals surface area contributed by atoms with Gasteiger partial charge in [0, 0.05) is 18.2 Å². The Kier molecular flexibility index (Phi) is 8.41. The molecule has 7 nitrogen and oxygen atoms in total. The zero-order chi connectivity index (χ0) is 19.1. The van der Waals surface area contributed by atoms with Crippen LogP contribution in [0.5, 0.6) is 11.5 Å². The van der Waals surface area contributed by atoms with Crippen molar-refractivity contribution in [1.29, 1.82) is 0 Å². The first-order valence-corrected chi connectivity index (χ1v) is 7.98. The molecule has 2 rings (SSSR count). The highest BCUT2D eigenvalue weighted by Crippen LogP contribution is 2.34. The number of aryl methyl sites for hydroxylation is 1. The van der Waals surface area contributed by atoms with Crippen molar-refractivity contribution in [3.8, 4) is 11.5 Å². The van der Waals surface area contributed by atoms with Crippen molar-refractivity contribution in [3.63, 3.8) is 0 Å². The van der Waals surface area contributed by atoms with Crippen LogP contribution >= 0.6 is 12.4 Å². The van der Waals surface area contributed by atoms with E-state index >= 15 is 0 Å². The number of methoxy groups -OCH3 is 2. The Morgan fingerprint density at radius 2 is 1.74 bits per heavy atom. The molecule has 27 heavy (non-hydrogen) atoms. The highest BCUT2D eigenvalue weighted by Gasteiger charge is 2.20. The van der Waals surface area contributed by atoms with Crippen LogP contribution < -0.4 is 20.6 Å². The monoisotopic (exact) mass is 393 g/mol. The van der Waals surface area contributed by atoms with Crippen molar-refractivity contribution in [2.24, 2.45) is 10.9 Å². The fourth-order valence-corrected chi connectivity index (χ4v) is 2.52. The summed E-state index contributed by atoms with van der Waals surface area (Å²) in [6, 6.07) is 11.0. The van der Waals surface area contributed by atoms with Gasteiger partial charge in [-0.2, -0.15) is 5.10 Å². The molecule has 0 spiro atoms. The van der Waals surface area contributed by atoms with Crippen molar-refractivity contribution in [2.45, 2.75) is 20.1 Å². The number of hydrogen-bond acceptors (Lipinski definition) is 7. The van der Waals surface area contributed by atoms with Gasteiger partial charge in [-0.05, 0) is 42.3 Å². The molecule has 3 N–H and O–H groups in total. The summed E-state index contributed by atoms with van der Waals surface area (Å²) in [4.78, 5) is 11.6. The summed E-state index contributed by atoms with van der Waals surface area (Å²) < 4.78 is 16.2. The molecule has 0 saturated heterocycles. The number of anilines is 1. The smallest absolute Gasteiger partial charge is 0.304 e. The Bertz CT molecular complexity index is 794. The maximum absolute atomic E-state index is 11.6. The number of hydrazone groups is 1. The van der Waals surface area contributed by atoms with Gasteiger partial charge in [0.1, 0.15) is 0 Å². The van der Waals surface area contributed by atoms with E-state index in [2.05, 4.69) is 10.4 Å². The number of ether oxygens (including phenoxy) is 3.